The molecule has 1 amide bonds. The summed E-state index contributed by atoms with van der Waals surface area (Å²) in [6.45, 7) is 8.14. The summed E-state index contributed by atoms with van der Waals surface area (Å²) in [6.07, 6.45) is 1.18. The normalized spacial score (nSPS) is 10.8. The van der Waals surface area contributed by atoms with Gasteiger partial charge in [0, 0.05) is 16.6 Å². The minimum Gasteiger partial charge on any atom is -0.325 e. The second-order valence-electron chi connectivity index (χ2n) is 7.37. The maximum atomic E-state index is 12.5. The topological polar surface area (TPSA) is 59.1 Å². The zero-order valence-corrected chi connectivity index (χ0v) is 19.4. The van der Waals surface area contributed by atoms with Gasteiger partial charge in [0.1, 0.15) is 0 Å². The van der Waals surface area contributed by atoms with Gasteiger partial charge >= 0.3 is 0 Å². The van der Waals surface area contributed by atoms with E-state index in [-0.39, 0.29) is 18.1 Å². The van der Waals surface area contributed by atoms with E-state index in [2.05, 4.69) is 29.4 Å². The van der Waals surface area contributed by atoms with Crippen LogP contribution in [0.4, 0.5) is 5.69 Å². The van der Waals surface area contributed by atoms with E-state index >= 15 is 0 Å². The van der Waals surface area contributed by atoms with Crippen molar-refractivity contribution in [2.75, 3.05) is 11.1 Å². The van der Waals surface area contributed by atoms with Gasteiger partial charge in [-0.1, -0.05) is 60.6 Å². The molecule has 1 heterocycles. The molecule has 0 bridgehead atoms. The molecule has 3 aromatic rings. The predicted octanol–water partition coefficient (Wildman–Crippen LogP) is 5.79. The smallest absolute Gasteiger partial charge is 0.230 e. The summed E-state index contributed by atoms with van der Waals surface area (Å²) in [7, 11) is 0. The molecule has 0 saturated carbocycles. The van der Waals surface area contributed by atoms with Crippen molar-refractivity contribution in [3.63, 3.8) is 0 Å². The minimum absolute atomic E-state index is 0.0843. The number of thiazole rings is 1. The maximum Gasteiger partial charge on any atom is 0.230 e. The van der Waals surface area contributed by atoms with Crippen molar-refractivity contribution in [3.05, 3.63) is 75.3 Å². The van der Waals surface area contributed by atoms with Gasteiger partial charge in [-0.2, -0.15) is 0 Å². The van der Waals surface area contributed by atoms with E-state index in [1.807, 2.05) is 50.4 Å². The van der Waals surface area contributed by atoms with E-state index in [0.29, 0.717) is 5.75 Å². The number of nitrogens with one attached hydrogen (secondary N) is 1. The van der Waals surface area contributed by atoms with Gasteiger partial charge in [-0.15, -0.1) is 11.3 Å². The molecule has 30 heavy (non-hydrogen) atoms. The highest BCUT2D eigenvalue weighted by Crippen LogP contribution is 2.25. The van der Waals surface area contributed by atoms with Gasteiger partial charge in [0.25, 0.3) is 0 Å². The predicted molar refractivity (Wildman–Crippen MR) is 126 cm³/mol. The fraction of sp³-hybridized carbons (Fsp3) is 0.292. The highest BCUT2D eigenvalue weighted by Gasteiger charge is 2.13. The number of carbonyl (C=O) groups excluding carboxylic acids is 2. The highest BCUT2D eigenvalue weighted by molar-refractivity contribution is 8.01. The van der Waals surface area contributed by atoms with Crippen LogP contribution in [0.5, 0.6) is 0 Å². The number of hydrogen-bond acceptors (Lipinski definition) is 5. The third-order valence-electron chi connectivity index (χ3n) is 4.82. The molecule has 1 N–H and O–H groups in total. The summed E-state index contributed by atoms with van der Waals surface area (Å²) in [5, 5.41) is 4.90. The first kappa shape index (κ1) is 22.2. The Morgan fingerprint density at radius 3 is 2.37 bits per heavy atom. The number of Topliss-reactive ketones (excluding diaryl/α,β-unsaturated/α-hetero) is 1. The maximum absolute atomic E-state index is 12.5. The van der Waals surface area contributed by atoms with E-state index in [1.165, 1.54) is 34.2 Å². The van der Waals surface area contributed by atoms with Crippen molar-refractivity contribution in [2.45, 2.75) is 44.9 Å². The van der Waals surface area contributed by atoms with Crippen LogP contribution in [-0.4, -0.2) is 22.4 Å². The van der Waals surface area contributed by atoms with Crippen LogP contribution < -0.4 is 5.32 Å². The van der Waals surface area contributed by atoms with Crippen molar-refractivity contribution in [1.82, 2.24) is 4.98 Å². The summed E-state index contributed by atoms with van der Waals surface area (Å²) in [5.74, 6) is 0.341. The van der Waals surface area contributed by atoms with Gasteiger partial charge < -0.3 is 5.32 Å². The molecule has 0 spiro atoms. The van der Waals surface area contributed by atoms with E-state index in [9.17, 15) is 9.59 Å². The summed E-state index contributed by atoms with van der Waals surface area (Å²) < 4.78 is 0.805. The van der Waals surface area contributed by atoms with Gasteiger partial charge in [-0.05, 0) is 43.9 Å². The lowest BCUT2D eigenvalue weighted by atomic mass is 10.0. The number of amides is 1. The molecule has 0 aliphatic carbocycles. The number of rotatable bonds is 8. The van der Waals surface area contributed by atoms with Crippen molar-refractivity contribution in [3.8, 4) is 0 Å². The molecule has 1 aromatic heterocycles. The molecule has 0 unspecified atom stereocenters. The summed E-state index contributed by atoms with van der Waals surface area (Å²) in [6, 6.07) is 11.9. The lowest BCUT2D eigenvalue weighted by molar-refractivity contribution is -0.115. The average molecular weight is 439 g/mol. The van der Waals surface area contributed by atoms with Gasteiger partial charge in [-0.25, -0.2) is 4.98 Å². The van der Waals surface area contributed by atoms with Crippen LogP contribution in [0.15, 0.2) is 46.1 Å². The first-order chi connectivity index (χ1) is 14.4. The second-order valence-corrected chi connectivity index (χ2v) is 9.45. The Kier molecular flexibility index (Phi) is 7.45. The third-order valence-corrected chi connectivity index (χ3v) is 6.89. The second kappa shape index (κ2) is 10.0. The first-order valence-electron chi connectivity index (χ1n) is 9.92. The SMILES string of the molecule is CCc1ccc(C(=O)CSc2nc(CC(=O)Nc3c(C)cc(C)cc3C)cs2)cc1. The van der Waals surface area contributed by atoms with Crippen LogP contribution >= 0.6 is 23.1 Å². The number of ketones is 1. The lowest BCUT2D eigenvalue weighted by Crippen LogP contribution is -2.16. The zero-order chi connectivity index (χ0) is 21.7. The third kappa shape index (κ3) is 5.80. The fourth-order valence-corrected chi connectivity index (χ4v) is 5.04. The largest absolute Gasteiger partial charge is 0.325 e. The number of aromatic nitrogens is 1. The number of anilines is 1. The summed E-state index contributed by atoms with van der Waals surface area (Å²) in [5.41, 5.74) is 6.83. The van der Waals surface area contributed by atoms with E-state index in [0.717, 1.165) is 38.8 Å². The van der Waals surface area contributed by atoms with E-state index < -0.39 is 0 Å². The van der Waals surface area contributed by atoms with Crippen LogP contribution in [0.25, 0.3) is 0 Å². The molecule has 4 nitrogen and oxygen atoms in total. The summed E-state index contributed by atoms with van der Waals surface area (Å²) in [4.78, 5) is 29.4. The molecule has 0 aliphatic rings. The van der Waals surface area contributed by atoms with Gasteiger partial charge in [0.15, 0.2) is 10.1 Å². The Morgan fingerprint density at radius 2 is 1.73 bits per heavy atom. The van der Waals surface area contributed by atoms with Gasteiger partial charge in [0.05, 0.1) is 17.9 Å². The molecule has 0 saturated heterocycles. The quantitative estimate of drug-likeness (QED) is 0.357. The van der Waals surface area contributed by atoms with Crippen LogP contribution in [0.3, 0.4) is 0 Å². The van der Waals surface area contributed by atoms with Crippen LogP contribution in [0.1, 0.15) is 45.2 Å². The Balaban J connectivity index is 1.54. The molecule has 2 aromatic carbocycles. The Morgan fingerprint density at radius 1 is 1.07 bits per heavy atom. The number of benzene rings is 2. The molecule has 6 heteroatoms. The van der Waals surface area contributed by atoms with Gasteiger partial charge in [-0.3, -0.25) is 9.59 Å². The molecule has 3 rings (SSSR count). The van der Waals surface area contributed by atoms with Crippen molar-refractivity contribution in [1.29, 1.82) is 0 Å². The standard InChI is InChI=1S/C24H26N2O2S2/c1-5-18-6-8-19(9-7-18)21(27)14-30-24-25-20(13-29-24)12-22(28)26-23-16(3)10-15(2)11-17(23)4/h6-11,13H,5,12,14H2,1-4H3,(H,26,28). The molecule has 0 fully saturated rings. The summed E-state index contributed by atoms with van der Waals surface area (Å²) >= 11 is 2.89. The molecular formula is C24H26N2O2S2. The Labute approximate surface area is 186 Å². The Bertz CT molecular complexity index is 1030. The number of nitrogens with zero attached hydrogens (tertiary/aromatic N) is 1. The van der Waals surface area contributed by atoms with Crippen molar-refractivity contribution in [2.24, 2.45) is 0 Å². The number of thioether (sulfide) groups is 1. The fourth-order valence-electron chi connectivity index (χ4n) is 3.30. The molecule has 0 aliphatic heterocycles. The van der Waals surface area contributed by atoms with Gasteiger partial charge in [0.2, 0.25) is 5.91 Å². The lowest BCUT2D eigenvalue weighted by Gasteiger charge is -2.12. The molecular weight excluding hydrogens is 412 g/mol. The minimum atomic E-state index is -0.0843. The molecule has 0 radical (unpaired) electrons. The van der Waals surface area contributed by atoms with Crippen molar-refractivity contribution >= 4 is 40.5 Å². The number of carbonyl (C=O) groups is 2. The number of hydrogen-bond donors (Lipinski definition) is 1. The number of aryl methyl sites for hydroxylation is 4. The zero-order valence-electron chi connectivity index (χ0n) is 17.7. The van der Waals surface area contributed by atoms with E-state index in [4.69, 9.17) is 0 Å². The molecule has 0 atom stereocenters. The Hall–Kier alpha value is -2.44. The van der Waals surface area contributed by atoms with E-state index in [1.54, 1.807) is 0 Å². The first-order valence-corrected chi connectivity index (χ1v) is 11.8. The van der Waals surface area contributed by atoms with Crippen LogP contribution in [0, 0.1) is 20.8 Å². The average Bonchev–Trinajstić information content (AvgIpc) is 3.16. The van der Waals surface area contributed by atoms with Crippen molar-refractivity contribution < 1.29 is 9.59 Å². The highest BCUT2D eigenvalue weighted by atomic mass is 32.2. The molecule has 156 valence electrons. The van der Waals surface area contributed by atoms with Crippen LogP contribution in [0.2, 0.25) is 0 Å². The monoisotopic (exact) mass is 438 g/mol. The van der Waals surface area contributed by atoms with Crippen LogP contribution in [-0.2, 0) is 17.6 Å².